The van der Waals surface area contributed by atoms with Crippen molar-refractivity contribution in [3.63, 3.8) is 0 Å². The van der Waals surface area contributed by atoms with Crippen LogP contribution < -0.4 is 9.32 Å². The van der Waals surface area contributed by atoms with Crippen LogP contribution in [0.5, 0.6) is 5.75 Å². The van der Waals surface area contributed by atoms with E-state index in [0.29, 0.717) is 5.69 Å². The molecule has 0 unspecified atom stereocenters. The number of nitrogens with two attached hydrogens (primary N) is 1. The molecule has 1 aromatic rings. The van der Waals surface area contributed by atoms with Gasteiger partial charge in [0.2, 0.25) is 0 Å². The first kappa shape index (κ1) is 9.08. The molecule has 0 aliphatic rings. The predicted molar refractivity (Wildman–Crippen MR) is 44.0 cm³/mol. The van der Waals surface area contributed by atoms with E-state index in [4.69, 9.17) is 0 Å². The lowest BCUT2D eigenvalue weighted by Crippen LogP contribution is -2.19. The molecule has 1 heterocycles. The number of nitrogens with one attached hydrogen (secondary N) is 1. The van der Waals surface area contributed by atoms with Crippen LogP contribution in [0.2, 0.25) is 0 Å². The normalized spacial score (nSPS) is 11.6. The molecule has 1 rings (SSSR count). The van der Waals surface area contributed by atoms with Crippen LogP contribution in [0.4, 0.5) is 0 Å². The number of hydrogen-bond acceptors (Lipinski definition) is 3. The number of aryl methyl sites for hydroxylation is 2. The molecule has 0 fully saturated rings. The molecule has 0 aliphatic heterocycles. The zero-order valence-corrected chi connectivity index (χ0v) is 7.60. The second-order valence-electron chi connectivity index (χ2n) is 2.52. The van der Waals surface area contributed by atoms with Crippen LogP contribution in [-0.2, 0) is 10.3 Å². The zero-order chi connectivity index (χ0) is 9.35. The number of rotatable bonds is 2. The fraction of sp³-hybridized carbons (Fsp3) is 0.333. The molecular formula is C6H10N2O3S. The van der Waals surface area contributed by atoms with E-state index >= 15 is 0 Å². The van der Waals surface area contributed by atoms with Gasteiger partial charge in [-0.25, -0.2) is 0 Å². The Morgan fingerprint density at radius 2 is 2.08 bits per heavy atom. The maximum atomic E-state index is 10.5. The highest BCUT2D eigenvalue weighted by Gasteiger charge is 2.09. The Morgan fingerprint density at radius 1 is 1.50 bits per heavy atom. The first-order valence-electron chi connectivity index (χ1n) is 3.27. The second kappa shape index (κ2) is 2.80. The molecular weight excluding hydrogens is 180 g/mol. The Kier molecular flexibility index (Phi) is 2.12. The monoisotopic (exact) mass is 190 g/mol. The van der Waals surface area contributed by atoms with Crippen molar-refractivity contribution in [2.45, 2.75) is 13.8 Å². The summed E-state index contributed by atoms with van der Waals surface area (Å²) in [6.45, 7) is 3.50. The third kappa shape index (κ3) is 2.24. The fourth-order valence-corrected chi connectivity index (χ4v) is 1.33. The minimum atomic E-state index is -3.91. The van der Waals surface area contributed by atoms with Crippen molar-refractivity contribution in [3.8, 4) is 5.75 Å². The van der Waals surface area contributed by atoms with Gasteiger partial charge >= 0.3 is 10.3 Å². The van der Waals surface area contributed by atoms with Gasteiger partial charge < -0.3 is 9.17 Å². The highest BCUT2D eigenvalue weighted by molar-refractivity contribution is 7.84. The van der Waals surface area contributed by atoms with Gasteiger partial charge in [0.15, 0.2) is 5.75 Å². The Hall–Kier alpha value is -1.01. The highest BCUT2D eigenvalue weighted by atomic mass is 32.2. The van der Waals surface area contributed by atoms with Crippen molar-refractivity contribution in [3.05, 3.63) is 17.5 Å². The maximum Gasteiger partial charge on any atom is 0.380 e. The quantitative estimate of drug-likeness (QED) is 0.699. The minimum absolute atomic E-state index is 0.245. The van der Waals surface area contributed by atoms with E-state index in [2.05, 4.69) is 14.3 Å². The average molecular weight is 190 g/mol. The largest absolute Gasteiger partial charge is 0.380 e. The first-order valence-corrected chi connectivity index (χ1v) is 4.74. The predicted octanol–water partition coefficient (Wildman–Crippen LogP) is 0.214. The van der Waals surface area contributed by atoms with Gasteiger partial charge in [-0.1, -0.05) is 0 Å². The van der Waals surface area contributed by atoms with Crippen molar-refractivity contribution >= 4 is 10.3 Å². The molecule has 0 saturated heterocycles. The van der Waals surface area contributed by atoms with Crippen LogP contribution >= 0.6 is 0 Å². The topological polar surface area (TPSA) is 85.2 Å². The molecule has 0 atom stereocenters. The van der Waals surface area contributed by atoms with Gasteiger partial charge in [0, 0.05) is 11.8 Å². The van der Waals surface area contributed by atoms with Crippen LogP contribution in [0, 0.1) is 13.8 Å². The summed E-state index contributed by atoms with van der Waals surface area (Å²) in [6.07, 6.45) is 0. The van der Waals surface area contributed by atoms with Gasteiger partial charge in [0.05, 0.1) is 5.69 Å². The van der Waals surface area contributed by atoms with E-state index in [1.807, 2.05) is 0 Å². The lowest BCUT2D eigenvalue weighted by Gasteiger charge is -1.98. The molecule has 0 amide bonds. The SMILES string of the molecule is Cc1cc(OS(N)(=O)=O)c(C)[nH]1. The molecule has 6 heteroatoms. The second-order valence-corrected chi connectivity index (χ2v) is 3.67. The van der Waals surface area contributed by atoms with Crippen LogP contribution in [0.25, 0.3) is 0 Å². The van der Waals surface area contributed by atoms with Crippen LogP contribution in [0.15, 0.2) is 6.07 Å². The van der Waals surface area contributed by atoms with Gasteiger partial charge in [-0.3, -0.25) is 0 Å². The van der Waals surface area contributed by atoms with E-state index < -0.39 is 10.3 Å². The van der Waals surface area contributed by atoms with Crippen molar-refractivity contribution < 1.29 is 12.6 Å². The number of H-pyrrole nitrogens is 1. The Bertz CT molecular complexity index is 379. The van der Waals surface area contributed by atoms with Gasteiger partial charge in [0.25, 0.3) is 0 Å². The molecule has 1 aromatic heterocycles. The van der Waals surface area contributed by atoms with Gasteiger partial charge in [-0.15, -0.1) is 0 Å². The number of aromatic amines is 1. The lowest BCUT2D eigenvalue weighted by molar-refractivity contribution is 0.486. The van der Waals surface area contributed by atoms with E-state index in [1.165, 1.54) is 0 Å². The lowest BCUT2D eigenvalue weighted by atomic mass is 10.4. The molecule has 12 heavy (non-hydrogen) atoms. The molecule has 3 N–H and O–H groups in total. The third-order valence-electron chi connectivity index (χ3n) is 1.31. The smallest absolute Gasteiger partial charge is 0.369 e. The fourth-order valence-electron chi connectivity index (χ4n) is 0.910. The summed E-state index contributed by atoms with van der Waals surface area (Å²) in [7, 11) is -3.91. The molecule has 0 aromatic carbocycles. The van der Waals surface area contributed by atoms with E-state index in [0.717, 1.165) is 5.69 Å². The summed E-state index contributed by atoms with van der Waals surface area (Å²) in [5, 5.41) is 4.68. The van der Waals surface area contributed by atoms with Crippen molar-refractivity contribution in [2.75, 3.05) is 0 Å². The van der Waals surface area contributed by atoms with Crippen molar-refractivity contribution in [1.82, 2.24) is 4.98 Å². The van der Waals surface area contributed by atoms with Crippen molar-refractivity contribution in [1.29, 1.82) is 0 Å². The molecule has 0 spiro atoms. The molecule has 0 radical (unpaired) electrons. The summed E-state index contributed by atoms with van der Waals surface area (Å²) in [4.78, 5) is 2.89. The zero-order valence-electron chi connectivity index (χ0n) is 6.79. The summed E-state index contributed by atoms with van der Waals surface area (Å²) < 4.78 is 25.5. The van der Waals surface area contributed by atoms with Crippen molar-refractivity contribution in [2.24, 2.45) is 5.14 Å². The molecule has 68 valence electrons. The number of hydrogen-bond donors (Lipinski definition) is 2. The molecule has 0 saturated carbocycles. The summed E-state index contributed by atoms with van der Waals surface area (Å²) in [6, 6.07) is 1.57. The summed E-state index contributed by atoms with van der Waals surface area (Å²) >= 11 is 0. The van der Waals surface area contributed by atoms with Crippen LogP contribution in [0.1, 0.15) is 11.4 Å². The molecule has 0 bridgehead atoms. The molecule has 0 aliphatic carbocycles. The van der Waals surface area contributed by atoms with Crippen LogP contribution in [0.3, 0.4) is 0 Å². The van der Waals surface area contributed by atoms with E-state index in [-0.39, 0.29) is 5.75 Å². The number of aromatic nitrogens is 1. The highest BCUT2D eigenvalue weighted by Crippen LogP contribution is 2.18. The Balaban J connectivity index is 2.97. The van der Waals surface area contributed by atoms with Gasteiger partial charge in [0.1, 0.15) is 0 Å². The van der Waals surface area contributed by atoms with E-state index in [9.17, 15) is 8.42 Å². The first-order chi connectivity index (χ1) is 5.38. The van der Waals surface area contributed by atoms with Gasteiger partial charge in [-0.2, -0.15) is 13.6 Å². The molecule has 5 nitrogen and oxygen atoms in total. The van der Waals surface area contributed by atoms with Crippen LogP contribution in [-0.4, -0.2) is 13.4 Å². The van der Waals surface area contributed by atoms with E-state index in [1.54, 1.807) is 19.9 Å². The third-order valence-corrected chi connectivity index (χ3v) is 1.72. The average Bonchev–Trinajstić information content (AvgIpc) is 2.06. The summed E-state index contributed by atoms with van der Waals surface area (Å²) in [5.41, 5.74) is 1.47. The standard InChI is InChI=1S/C6H10N2O3S/c1-4-3-6(5(2)8-4)11-12(7,9)10/h3,8H,1-2H3,(H2,7,9,10). The van der Waals surface area contributed by atoms with Gasteiger partial charge in [-0.05, 0) is 13.8 Å². The Labute approximate surface area is 70.8 Å². The minimum Gasteiger partial charge on any atom is -0.369 e. The summed E-state index contributed by atoms with van der Waals surface area (Å²) in [5.74, 6) is 0.245. The maximum absolute atomic E-state index is 10.5. The Morgan fingerprint density at radius 3 is 2.42 bits per heavy atom.